The first-order chi connectivity index (χ1) is 11.2. The Hall–Kier alpha value is -2.97. The van der Waals surface area contributed by atoms with Gasteiger partial charge in [0.05, 0.1) is 12.7 Å². The molecule has 1 aromatic heterocycles. The number of carbonyl (C=O) groups excluding carboxylic acids is 1. The number of aryl methyl sites for hydroxylation is 1. The van der Waals surface area contributed by atoms with Gasteiger partial charge in [-0.3, -0.25) is 9.59 Å². The average molecular weight is 342 g/mol. The Kier molecular flexibility index (Phi) is 4.82. The first-order valence-corrected chi connectivity index (χ1v) is 6.61. The van der Waals surface area contributed by atoms with E-state index in [0.717, 1.165) is 18.2 Å². The van der Waals surface area contributed by atoms with Crippen molar-refractivity contribution < 1.29 is 27.4 Å². The van der Waals surface area contributed by atoms with E-state index >= 15 is 0 Å². The molecule has 2 aromatic rings. The lowest BCUT2D eigenvalue weighted by atomic mass is 10.2. The van der Waals surface area contributed by atoms with Gasteiger partial charge in [-0.1, -0.05) is 0 Å². The number of methoxy groups -OCH3 is 1. The molecule has 0 radical (unpaired) electrons. The van der Waals surface area contributed by atoms with Gasteiger partial charge in [0.1, 0.15) is 11.5 Å². The number of pyridine rings is 1. The molecule has 0 bridgehead atoms. The summed E-state index contributed by atoms with van der Waals surface area (Å²) in [4.78, 5) is 23.8. The highest BCUT2D eigenvalue weighted by atomic mass is 19.4. The van der Waals surface area contributed by atoms with Gasteiger partial charge in [0, 0.05) is 25.0 Å². The van der Waals surface area contributed by atoms with Crippen LogP contribution >= 0.6 is 0 Å². The molecule has 0 unspecified atom stereocenters. The molecule has 24 heavy (non-hydrogen) atoms. The molecule has 0 saturated heterocycles. The Morgan fingerprint density at radius 3 is 2.38 bits per heavy atom. The number of nitrogens with zero attached hydrogens (tertiary/aromatic N) is 1. The Labute approximate surface area is 134 Å². The van der Waals surface area contributed by atoms with Crippen molar-refractivity contribution in [2.75, 3.05) is 12.4 Å². The molecule has 0 aliphatic heterocycles. The molecule has 1 aromatic carbocycles. The van der Waals surface area contributed by atoms with Gasteiger partial charge >= 0.3 is 6.36 Å². The molecule has 1 heterocycles. The summed E-state index contributed by atoms with van der Waals surface area (Å²) in [5, 5.41) is 2.50. The van der Waals surface area contributed by atoms with E-state index in [1.165, 1.54) is 37.1 Å². The lowest BCUT2D eigenvalue weighted by Gasteiger charge is -2.12. The zero-order valence-electron chi connectivity index (χ0n) is 12.7. The Morgan fingerprint density at radius 2 is 1.83 bits per heavy atom. The minimum atomic E-state index is -4.78. The van der Waals surface area contributed by atoms with Gasteiger partial charge in [-0.2, -0.15) is 0 Å². The number of hydrogen-bond acceptors (Lipinski definition) is 4. The minimum absolute atomic E-state index is 0.0904. The van der Waals surface area contributed by atoms with Crippen molar-refractivity contribution in [3.8, 4) is 11.5 Å². The molecule has 6 nitrogen and oxygen atoms in total. The van der Waals surface area contributed by atoms with Crippen LogP contribution in [0, 0.1) is 0 Å². The van der Waals surface area contributed by atoms with E-state index in [0.29, 0.717) is 0 Å². The fourth-order valence-corrected chi connectivity index (χ4v) is 1.89. The van der Waals surface area contributed by atoms with Crippen molar-refractivity contribution in [3.63, 3.8) is 0 Å². The summed E-state index contributed by atoms with van der Waals surface area (Å²) >= 11 is 0. The van der Waals surface area contributed by atoms with Crippen molar-refractivity contribution in [1.82, 2.24) is 4.57 Å². The quantitative estimate of drug-likeness (QED) is 0.927. The smallest absolute Gasteiger partial charge is 0.496 e. The summed E-state index contributed by atoms with van der Waals surface area (Å²) in [6, 6.07) is 5.82. The number of alkyl halides is 3. The average Bonchev–Trinajstić information content (AvgIpc) is 2.50. The van der Waals surface area contributed by atoms with E-state index < -0.39 is 18.0 Å². The van der Waals surface area contributed by atoms with Gasteiger partial charge in [0.15, 0.2) is 0 Å². The SMILES string of the molecule is COc1cc(=O)n(C)cc1C(=O)Nc1ccc(OC(F)(F)F)cc1. The topological polar surface area (TPSA) is 69.6 Å². The summed E-state index contributed by atoms with van der Waals surface area (Å²) in [7, 11) is 2.79. The number of anilines is 1. The van der Waals surface area contributed by atoms with Crippen molar-refractivity contribution in [2.24, 2.45) is 7.05 Å². The summed E-state index contributed by atoms with van der Waals surface area (Å²) < 4.78 is 46.2. The molecule has 0 saturated carbocycles. The van der Waals surface area contributed by atoms with Gasteiger partial charge in [0.2, 0.25) is 0 Å². The van der Waals surface area contributed by atoms with E-state index in [-0.39, 0.29) is 22.6 Å². The molecular weight excluding hydrogens is 329 g/mol. The van der Waals surface area contributed by atoms with Crippen molar-refractivity contribution in [1.29, 1.82) is 0 Å². The first kappa shape index (κ1) is 17.4. The molecule has 0 atom stereocenters. The lowest BCUT2D eigenvalue weighted by molar-refractivity contribution is -0.274. The van der Waals surface area contributed by atoms with Crippen LogP contribution in [-0.2, 0) is 7.05 Å². The maximum Gasteiger partial charge on any atom is 0.573 e. The maximum absolute atomic E-state index is 12.3. The zero-order chi connectivity index (χ0) is 17.9. The van der Waals surface area contributed by atoms with Gasteiger partial charge in [-0.25, -0.2) is 0 Å². The highest BCUT2D eigenvalue weighted by Crippen LogP contribution is 2.24. The molecule has 1 N–H and O–H groups in total. The highest BCUT2D eigenvalue weighted by Gasteiger charge is 2.31. The Bertz CT molecular complexity index is 798. The molecule has 0 fully saturated rings. The normalized spacial score (nSPS) is 11.0. The number of nitrogens with one attached hydrogen (secondary N) is 1. The third-order valence-electron chi connectivity index (χ3n) is 3.00. The number of halogens is 3. The second-order valence-corrected chi connectivity index (χ2v) is 4.73. The fraction of sp³-hybridized carbons (Fsp3) is 0.200. The number of ether oxygens (including phenoxy) is 2. The number of aromatic nitrogens is 1. The minimum Gasteiger partial charge on any atom is -0.496 e. The van der Waals surface area contributed by atoms with Crippen LogP contribution in [0.3, 0.4) is 0 Å². The molecule has 0 aliphatic carbocycles. The Balaban J connectivity index is 2.18. The van der Waals surface area contributed by atoms with E-state index in [4.69, 9.17) is 4.74 Å². The van der Waals surface area contributed by atoms with E-state index in [9.17, 15) is 22.8 Å². The fourth-order valence-electron chi connectivity index (χ4n) is 1.89. The third kappa shape index (κ3) is 4.28. The van der Waals surface area contributed by atoms with Crippen molar-refractivity contribution in [3.05, 3.63) is 52.4 Å². The molecule has 1 amide bonds. The van der Waals surface area contributed by atoms with E-state index in [1.807, 2.05) is 0 Å². The van der Waals surface area contributed by atoms with Crippen LogP contribution in [0.5, 0.6) is 11.5 Å². The molecule has 0 spiro atoms. The predicted molar refractivity (Wildman–Crippen MR) is 79.3 cm³/mol. The molecule has 128 valence electrons. The van der Waals surface area contributed by atoms with Crippen LogP contribution in [0.2, 0.25) is 0 Å². The number of amides is 1. The van der Waals surface area contributed by atoms with Crippen LogP contribution in [0.15, 0.2) is 41.3 Å². The standard InChI is InChI=1S/C15H13F3N2O4/c1-20-8-11(12(23-2)7-13(20)21)14(22)19-9-3-5-10(6-4-9)24-15(16,17)18/h3-8H,1-2H3,(H,19,22). The number of benzene rings is 1. The second-order valence-electron chi connectivity index (χ2n) is 4.73. The van der Waals surface area contributed by atoms with Crippen LogP contribution in [0.1, 0.15) is 10.4 Å². The molecule has 9 heteroatoms. The second kappa shape index (κ2) is 6.65. The van der Waals surface area contributed by atoms with Crippen LogP contribution in [-0.4, -0.2) is 23.9 Å². The lowest BCUT2D eigenvalue weighted by Crippen LogP contribution is -2.21. The van der Waals surface area contributed by atoms with Crippen LogP contribution in [0.25, 0.3) is 0 Å². The van der Waals surface area contributed by atoms with Crippen LogP contribution < -0.4 is 20.3 Å². The highest BCUT2D eigenvalue weighted by molar-refractivity contribution is 6.06. The van der Waals surface area contributed by atoms with E-state index in [1.54, 1.807) is 0 Å². The summed E-state index contributed by atoms with van der Waals surface area (Å²) in [5.74, 6) is -0.889. The summed E-state index contributed by atoms with van der Waals surface area (Å²) in [6.07, 6.45) is -3.48. The first-order valence-electron chi connectivity index (χ1n) is 6.61. The monoisotopic (exact) mass is 342 g/mol. The van der Waals surface area contributed by atoms with Crippen molar-refractivity contribution >= 4 is 11.6 Å². The predicted octanol–water partition coefficient (Wildman–Crippen LogP) is 2.54. The van der Waals surface area contributed by atoms with Gasteiger partial charge in [-0.05, 0) is 24.3 Å². The van der Waals surface area contributed by atoms with Gasteiger partial charge < -0.3 is 19.4 Å². The molecule has 2 rings (SSSR count). The van der Waals surface area contributed by atoms with Crippen LogP contribution in [0.4, 0.5) is 18.9 Å². The zero-order valence-corrected chi connectivity index (χ0v) is 12.7. The van der Waals surface area contributed by atoms with Crippen molar-refractivity contribution in [2.45, 2.75) is 6.36 Å². The number of carbonyl (C=O) groups is 1. The largest absolute Gasteiger partial charge is 0.573 e. The number of hydrogen-bond donors (Lipinski definition) is 1. The van der Waals surface area contributed by atoms with Gasteiger partial charge in [0.25, 0.3) is 11.5 Å². The van der Waals surface area contributed by atoms with E-state index in [2.05, 4.69) is 10.1 Å². The summed E-state index contributed by atoms with van der Waals surface area (Å²) in [6.45, 7) is 0. The maximum atomic E-state index is 12.3. The molecule has 0 aliphatic rings. The molecular formula is C15H13F3N2O4. The summed E-state index contributed by atoms with van der Waals surface area (Å²) in [5.41, 5.74) is 0.0118. The third-order valence-corrected chi connectivity index (χ3v) is 3.00. The Morgan fingerprint density at radius 1 is 1.21 bits per heavy atom. The van der Waals surface area contributed by atoms with Gasteiger partial charge in [-0.15, -0.1) is 13.2 Å². The number of rotatable bonds is 4.